The summed E-state index contributed by atoms with van der Waals surface area (Å²) in [5, 5.41) is 0.353. The van der Waals surface area contributed by atoms with Crippen LogP contribution in [0.1, 0.15) is 0 Å². The number of hydrogen-bond acceptors (Lipinski definition) is 5. The predicted octanol–water partition coefficient (Wildman–Crippen LogP) is 3.04. The van der Waals surface area contributed by atoms with Gasteiger partial charge in [0.05, 0.1) is 11.9 Å². The second kappa shape index (κ2) is 5.84. The first-order valence-corrected chi connectivity index (χ1v) is 8.50. The summed E-state index contributed by atoms with van der Waals surface area (Å²) in [4.78, 5) is 7.82. The van der Waals surface area contributed by atoms with E-state index in [1.54, 1.807) is 0 Å². The third-order valence-electron chi connectivity index (χ3n) is 2.19. The van der Waals surface area contributed by atoms with Crippen molar-refractivity contribution in [2.75, 3.05) is 10.5 Å². The van der Waals surface area contributed by atoms with Gasteiger partial charge in [-0.15, -0.1) is 0 Å². The highest BCUT2D eigenvalue weighted by molar-refractivity contribution is 9.11. The number of halogens is 3. The molecule has 1 aromatic carbocycles. The van der Waals surface area contributed by atoms with E-state index >= 15 is 0 Å². The normalized spacial score (nSPS) is 11.3. The maximum atomic E-state index is 12.2. The van der Waals surface area contributed by atoms with E-state index in [-0.39, 0.29) is 21.0 Å². The quantitative estimate of drug-likeness (QED) is 0.712. The Morgan fingerprint density at radius 3 is 2.60 bits per heavy atom. The molecule has 0 spiro atoms. The van der Waals surface area contributed by atoms with Crippen molar-refractivity contribution in [3.05, 3.63) is 38.6 Å². The van der Waals surface area contributed by atoms with E-state index in [0.29, 0.717) is 9.63 Å². The lowest BCUT2D eigenvalue weighted by Crippen LogP contribution is -2.16. The second-order valence-electron chi connectivity index (χ2n) is 3.62. The Bertz CT molecular complexity index is 770. The van der Waals surface area contributed by atoms with Crippen molar-refractivity contribution in [2.45, 2.75) is 4.90 Å². The molecule has 0 bridgehead atoms. The zero-order valence-electron chi connectivity index (χ0n) is 9.64. The number of nitrogens with one attached hydrogen (secondary N) is 1. The van der Waals surface area contributed by atoms with Gasteiger partial charge in [-0.25, -0.2) is 18.4 Å². The van der Waals surface area contributed by atoms with Crippen LogP contribution in [-0.4, -0.2) is 18.4 Å². The van der Waals surface area contributed by atoms with E-state index in [9.17, 15) is 8.42 Å². The Hall–Kier alpha value is -0.900. The van der Waals surface area contributed by atoms with Crippen LogP contribution in [-0.2, 0) is 10.0 Å². The van der Waals surface area contributed by atoms with Gasteiger partial charge in [-0.1, -0.05) is 11.6 Å². The van der Waals surface area contributed by atoms with Gasteiger partial charge in [0.15, 0.2) is 10.4 Å². The molecule has 20 heavy (non-hydrogen) atoms. The van der Waals surface area contributed by atoms with Crippen molar-refractivity contribution >= 4 is 65.0 Å². The van der Waals surface area contributed by atoms with Crippen LogP contribution in [0.15, 0.2) is 38.5 Å². The van der Waals surface area contributed by atoms with Gasteiger partial charge in [-0.3, -0.25) is 4.72 Å². The van der Waals surface area contributed by atoms with Gasteiger partial charge in [-0.2, -0.15) is 0 Å². The van der Waals surface area contributed by atoms with Gasteiger partial charge >= 0.3 is 0 Å². The fraction of sp³-hybridized carbons (Fsp3) is 0. The summed E-state index contributed by atoms with van der Waals surface area (Å²) in [6.45, 7) is 0. The van der Waals surface area contributed by atoms with Crippen molar-refractivity contribution in [1.82, 2.24) is 9.97 Å². The molecule has 2 rings (SSSR count). The summed E-state index contributed by atoms with van der Waals surface area (Å²) in [5.74, 6) is 0.0579. The number of sulfonamides is 1. The molecule has 0 saturated heterocycles. The first-order valence-electron chi connectivity index (χ1n) is 5.05. The zero-order valence-corrected chi connectivity index (χ0v) is 14.4. The van der Waals surface area contributed by atoms with Crippen molar-refractivity contribution < 1.29 is 8.42 Å². The fourth-order valence-electron chi connectivity index (χ4n) is 1.36. The van der Waals surface area contributed by atoms with E-state index in [1.165, 1.54) is 24.4 Å². The fourth-order valence-corrected chi connectivity index (χ4v) is 3.71. The number of aromatic nitrogens is 2. The highest BCUT2D eigenvalue weighted by Crippen LogP contribution is 2.26. The lowest BCUT2D eigenvalue weighted by Gasteiger charge is -2.10. The smallest absolute Gasteiger partial charge is 0.265 e. The highest BCUT2D eigenvalue weighted by atomic mass is 79.9. The van der Waals surface area contributed by atoms with Crippen LogP contribution in [0.5, 0.6) is 0 Å². The summed E-state index contributed by atoms with van der Waals surface area (Å²) < 4.78 is 27.5. The van der Waals surface area contributed by atoms with Gasteiger partial charge in [0, 0.05) is 5.02 Å². The van der Waals surface area contributed by atoms with Crippen molar-refractivity contribution in [1.29, 1.82) is 0 Å². The van der Waals surface area contributed by atoms with E-state index in [1.807, 2.05) is 0 Å². The molecule has 6 nitrogen and oxygen atoms in total. The summed E-state index contributed by atoms with van der Waals surface area (Å²) in [7, 11) is -3.88. The maximum Gasteiger partial charge on any atom is 0.265 e. The largest absolute Gasteiger partial charge is 0.398 e. The SMILES string of the molecule is Nc1cc(Cl)ccc1S(=O)(=O)Nc1ncc(Br)nc1Br. The van der Waals surface area contributed by atoms with Crippen LogP contribution < -0.4 is 10.5 Å². The van der Waals surface area contributed by atoms with Gasteiger partial charge < -0.3 is 5.73 Å². The third-order valence-corrected chi connectivity index (χ3v) is 4.78. The molecule has 0 aliphatic carbocycles. The van der Waals surface area contributed by atoms with Crippen LogP contribution in [0.25, 0.3) is 0 Å². The molecule has 1 heterocycles. The van der Waals surface area contributed by atoms with Crippen LogP contribution in [0.4, 0.5) is 11.5 Å². The van der Waals surface area contributed by atoms with E-state index in [2.05, 4.69) is 46.5 Å². The molecule has 0 radical (unpaired) electrons. The minimum absolute atomic E-state index is 0.0474. The van der Waals surface area contributed by atoms with E-state index in [4.69, 9.17) is 17.3 Å². The molecule has 106 valence electrons. The number of nitrogen functional groups attached to an aromatic ring is 1. The first-order chi connectivity index (χ1) is 9.29. The van der Waals surface area contributed by atoms with Crippen LogP contribution >= 0.6 is 43.5 Å². The Balaban J connectivity index is 2.41. The van der Waals surface area contributed by atoms with E-state index in [0.717, 1.165) is 0 Å². The second-order valence-corrected chi connectivity index (χ2v) is 7.27. The third kappa shape index (κ3) is 3.40. The molecule has 3 N–H and O–H groups in total. The van der Waals surface area contributed by atoms with Crippen molar-refractivity contribution in [3.63, 3.8) is 0 Å². The number of benzene rings is 1. The predicted molar refractivity (Wildman–Crippen MR) is 84.1 cm³/mol. The summed E-state index contributed by atoms with van der Waals surface area (Å²) in [5.41, 5.74) is 5.71. The molecular weight excluding hydrogens is 435 g/mol. The van der Waals surface area contributed by atoms with Crippen LogP contribution in [0.2, 0.25) is 5.02 Å². The molecule has 0 atom stereocenters. The number of nitrogens with two attached hydrogens (primary N) is 1. The number of rotatable bonds is 3. The maximum absolute atomic E-state index is 12.2. The number of anilines is 2. The van der Waals surface area contributed by atoms with Gasteiger partial charge in [0.25, 0.3) is 10.0 Å². The minimum Gasteiger partial charge on any atom is -0.398 e. The van der Waals surface area contributed by atoms with Crippen LogP contribution in [0.3, 0.4) is 0 Å². The average molecular weight is 443 g/mol. The molecule has 0 amide bonds. The van der Waals surface area contributed by atoms with Crippen molar-refractivity contribution in [3.8, 4) is 0 Å². The minimum atomic E-state index is -3.88. The van der Waals surface area contributed by atoms with Crippen molar-refractivity contribution in [2.24, 2.45) is 0 Å². The molecule has 0 unspecified atom stereocenters. The Labute approximate surface area is 137 Å². The number of nitrogens with zero attached hydrogens (tertiary/aromatic N) is 2. The first kappa shape index (κ1) is 15.5. The molecule has 10 heteroatoms. The van der Waals surface area contributed by atoms with E-state index < -0.39 is 10.0 Å². The standard InChI is InChI=1S/C10H7Br2ClN4O2S/c11-8-4-15-10(9(12)16-8)17-20(18,19)7-2-1-5(13)3-6(7)14/h1-4H,14H2,(H,15,17). The molecule has 0 saturated carbocycles. The average Bonchev–Trinajstić information content (AvgIpc) is 2.32. The van der Waals surface area contributed by atoms with Crippen LogP contribution in [0, 0.1) is 0 Å². The summed E-state index contributed by atoms with van der Waals surface area (Å²) >= 11 is 12.0. The van der Waals surface area contributed by atoms with Gasteiger partial charge in [0.1, 0.15) is 9.50 Å². The zero-order chi connectivity index (χ0) is 14.9. The molecule has 0 fully saturated rings. The molecular formula is C10H7Br2ClN4O2S. The molecule has 0 aliphatic rings. The molecule has 1 aromatic heterocycles. The summed E-state index contributed by atoms with van der Waals surface area (Å²) in [6, 6.07) is 4.12. The van der Waals surface area contributed by atoms with Gasteiger partial charge in [-0.05, 0) is 50.1 Å². The summed E-state index contributed by atoms with van der Waals surface area (Å²) in [6.07, 6.45) is 1.37. The monoisotopic (exact) mass is 440 g/mol. The van der Waals surface area contributed by atoms with Gasteiger partial charge in [0.2, 0.25) is 0 Å². The Morgan fingerprint density at radius 2 is 2.00 bits per heavy atom. The Morgan fingerprint density at radius 1 is 1.30 bits per heavy atom. The topological polar surface area (TPSA) is 98.0 Å². The molecule has 2 aromatic rings. The Kier molecular flexibility index (Phi) is 4.52. The number of hydrogen-bond donors (Lipinski definition) is 2. The lowest BCUT2D eigenvalue weighted by atomic mass is 10.3. The lowest BCUT2D eigenvalue weighted by molar-refractivity contribution is 0.601. The highest BCUT2D eigenvalue weighted by Gasteiger charge is 2.20. The molecule has 0 aliphatic heterocycles.